The third-order valence-corrected chi connectivity index (χ3v) is 4.69. The lowest BCUT2D eigenvalue weighted by molar-refractivity contribution is -0.137. The minimum absolute atomic E-state index is 0.0585. The maximum Gasteiger partial charge on any atom is 0.416 e. The predicted octanol–water partition coefficient (Wildman–Crippen LogP) is 3.40. The van der Waals surface area contributed by atoms with Crippen LogP contribution in [0.25, 0.3) is 22.3 Å². The molecular formula is C21H13F3N2O7. The van der Waals surface area contributed by atoms with Gasteiger partial charge in [0.05, 0.1) is 11.1 Å². The first-order valence-corrected chi connectivity index (χ1v) is 8.90. The number of aromatic amines is 1. The zero-order valence-corrected chi connectivity index (χ0v) is 16.2. The van der Waals surface area contributed by atoms with Gasteiger partial charge in [-0.3, -0.25) is 4.79 Å². The summed E-state index contributed by atoms with van der Waals surface area (Å²) >= 11 is 0. The number of nitrogens with two attached hydrogens (primary N) is 1. The highest BCUT2D eigenvalue weighted by Crippen LogP contribution is 2.35. The average molecular weight is 462 g/mol. The van der Waals surface area contributed by atoms with E-state index in [9.17, 15) is 42.6 Å². The summed E-state index contributed by atoms with van der Waals surface area (Å²) in [6, 6.07) is 7.06. The van der Waals surface area contributed by atoms with Gasteiger partial charge in [-0.15, -0.1) is 0 Å². The normalized spacial score (nSPS) is 11.2. The van der Waals surface area contributed by atoms with E-state index in [0.717, 1.165) is 12.1 Å². The maximum absolute atomic E-state index is 13.2. The molecule has 0 unspecified atom stereocenters. The first-order chi connectivity index (χ1) is 15.3. The SMILES string of the molecule is Nc1[nH]c(=O)c(C(=O)O)c(-c2ccc(-c3cc(C(=O)O)cc(C(F)(F)F)c3)cc2)c1C(=O)O. The molecular weight excluding hydrogens is 449 g/mol. The highest BCUT2D eigenvalue weighted by Gasteiger charge is 2.32. The van der Waals surface area contributed by atoms with E-state index in [1.165, 1.54) is 24.3 Å². The molecule has 1 aromatic heterocycles. The number of carboxylic acids is 3. The molecule has 0 saturated carbocycles. The van der Waals surface area contributed by atoms with Crippen LogP contribution in [0.4, 0.5) is 19.0 Å². The van der Waals surface area contributed by atoms with E-state index in [4.69, 9.17) is 10.8 Å². The van der Waals surface area contributed by atoms with E-state index in [2.05, 4.69) is 0 Å². The third-order valence-electron chi connectivity index (χ3n) is 4.69. The molecule has 0 spiro atoms. The lowest BCUT2D eigenvalue weighted by Crippen LogP contribution is -2.24. The van der Waals surface area contributed by atoms with E-state index in [-0.39, 0.29) is 16.7 Å². The number of nitrogen functional groups attached to an aromatic ring is 1. The molecule has 3 rings (SSSR count). The number of nitrogens with one attached hydrogen (secondary N) is 1. The molecule has 0 fully saturated rings. The van der Waals surface area contributed by atoms with Crippen LogP contribution in [0.3, 0.4) is 0 Å². The Balaban J connectivity index is 2.23. The molecule has 170 valence electrons. The number of alkyl halides is 3. The number of halogens is 3. The molecule has 0 aliphatic rings. The minimum atomic E-state index is -4.81. The van der Waals surface area contributed by atoms with Crippen LogP contribution >= 0.6 is 0 Å². The van der Waals surface area contributed by atoms with E-state index < -0.39 is 63.3 Å². The second-order valence-electron chi connectivity index (χ2n) is 6.78. The second kappa shape index (κ2) is 8.15. The Morgan fingerprint density at radius 2 is 1.33 bits per heavy atom. The summed E-state index contributed by atoms with van der Waals surface area (Å²) < 4.78 is 39.5. The first-order valence-electron chi connectivity index (χ1n) is 8.90. The van der Waals surface area contributed by atoms with Gasteiger partial charge in [-0.1, -0.05) is 24.3 Å². The van der Waals surface area contributed by atoms with Crippen LogP contribution in [0.1, 0.15) is 36.6 Å². The van der Waals surface area contributed by atoms with Gasteiger partial charge in [-0.2, -0.15) is 13.2 Å². The Kier molecular flexibility index (Phi) is 5.69. The third kappa shape index (κ3) is 4.39. The smallest absolute Gasteiger partial charge is 0.416 e. The Morgan fingerprint density at radius 1 is 0.788 bits per heavy atom. The minimum Gasteiger partial charge on any atom is -0.478 e. The topological polar surface area (TPSA) is 171 Å². The molecule has 1 heterocycles. The van der Waals surface area contributed by atoms with Gasteiger partial charge in [0, 0.05) is 5.56 Å². The molecule has 9 nitrogen and oxygen atoms in total. The van der Waals surface area contributed by atoms with Gasteiger partial charge < -0.3 is 26.0 Å². The van der Waals surface area contributed by atoms with Crippen molar-refractivity contribution in [3.05, 3.63) is 75.1 Å². The van der Waals surface area contributed by atoms with Gasteiger partial charge in [0.1, 0.15) is 16.9 Å². The highest BCUT2D eigenvalue weighted by molar-refractivity contribution is 6.07. The van der Waals surface area contributed by atoms with Crippen molar-refractivity contribution in [2.75, 3.05) is 5.73 Å². The van der Waals surface area contributed by atoms with Gasteiger partial charge in [0.2, 0.25) is 0 Å². The average Bonchev–Trinajstić information content (AvgIpc) is 2.71. The molecule has 0 aliphatic heterocycles. The van der Waals surface area contributed by atoms with Crippen LogP contribution in [0.5, 0.6) is 0 Å². The maximum atomic E-state index is 13.2. The number of pyridine rings is 1. The number of carbonyl (C=O) groups is 3. The summed E-state index contributed by atoms with van der Waals surface area (Å²) in [5.41, 5.74) is 0.538. The molecule has 0 atom stereocenters. The van der Waals surface area contributed by atoms with E-state index >= 15 is 0 Å². The van der Waals surface area contributed by atoms with Gasteiger partial charge in [0.25, 0.3) is 5.56 Å². The fourth-order valence-corrected chi connectivity index (χ4v) is 3.25. The highest BCUT2D eigenvalue weighted by atomic mass is 19.4. The van der Waals surface area contributed by atoms with Crippen molar-refractivity contribution < 1.29 is 42.9 Å². The lowest BCUT2D eigenvalue weighted by Gasteiger charge is -2.14. The molecule has 2 aromatic carbocycles. The van der Waals surface area contributed by atoms with Crippen LogP contribution in [0, 0.1) is 0 Å². The summed E-state index contributed by atoms with van der Waals surface area (Å²) in [6.45, 7) is 0. The molecule has 6 N–H and O–H groups in total. The van der Waals surface area contributed by atoms with Crippen molar-refractivity contribution in [3.63, 3.8) is 0 Å². The number of benzene rings is 2. The fraction of sp³-hybridized carbons (Fsp3) is 0.0476. The molecule has 0 bridgehead atoms. The summed E-state index contributed by atoms with van der Waals surface area (Å²) in [5, 5.41) is 28.0. The van der Waals surface area contributed by atoms with E-state index in [1.54, 1.807) is 0 Å². The molecule has 0 amide bonds. The van der Waals surface area contributed by atoms with Gasteiger partial charge in [-0.25, -0.2) is 14.4 Å². The first kappa shape index (κ1) is 23.1. The zero-order chi connectivity index (χ0) is 24.7. The summed E-state index contributed by atoms with van der Waals surface area (Å²) in [4.78, 5) is 48.6. The Morgan fingerprint density at radius 3 is 1.82 bits per heavy atom. The number of rotatable bonds is 5. The quantitative estimate of drug-likeness (QED) is 0.384. The standard InChI is InChI=1S/C21H13F3N2O7/c22-21(23,24)12-6-10(5-11(7-12)18(28)29)8-1-3-9(4-2-8)13-14(19(30)31)16(25)26-17(27)15(13)20(32)33/h1-7H,(H,28,29)(H,30,31)(H,32,33)(H3,25,26,27). The van der Waals surface area contributed by atoms with Crippen molar-refractivity contribution in [1.29, 1.82) is 0 Å². The molecule has 0 aliphatic carbocycles. The number of aromatic nitrogens is 1. The summed E-state index contributed by atoms with van der Waals surface area (Å²) in [7, 11) is 0. The van der Waals surface area contributed by atoms with Crippen molar-refractivity contribution in [3.8, 4) is 22.3 Å². The zero-order valence-electron chi connectivity index (χ0n) is 16.2. The molecule has 3 aromatic rings. The number of carboxylic acid groups (broad SMARTS) is 3. The largest absolute Gasteiger partial charge is 0.478 e. The summed E-state index contributed by atoms with van der Waals surface area (Å²) in [6.07, 6.45) is -4.81. The van der Waals surface area contributed by atoms with Crippen LogP contribution in [0.15, 0.2) is 47.3 Å². The van der Waals surface area contributed by atoms with Crippen LogP contribution in [0.2, 0.25) is 0 Å². The van der Waals surface area contributed by atoms with Crippen molar-refractivity contribution in [1.82, 2.24) is 4.98 Å². The van der Waals surface area contributed by atoms with Crippen LogP contribution in [-0.4, -0.2) is 38.2 Å². The van der Waals surface area contributed by atoms with E-state index in [0.29, 0.717) is 6.07 Å². The van der Waals surface area contributed by atoms with Crippen molar-refractivity contribution in [2.24, 2.45) is 0 Å². The Labute approximate surface area is 181 Å². The Hall–Kier alpha value is -4.61. The van der Waals surface area contributed by atoms with Crippen LogP contribution in [-0.2, 0) is 6.18 Å². The predicted molar refractivity (Wildman–Crippen MR) is 108 cm³/mol. The molecule has 0 radical (unpaired) electrons. The number of hydrogen-bond acceptors (Lipinski definition) is 5. The van der Waals surface area contributed by atoms with Gasteiger partial charge in [-0.05, 0) is 34.9 Å². The molecule has 0 saturated heterocycles. The second-order valence-corrected chi connectivity index (χ2v) is 6.78. The fourth-order valence-electron chi connectivity index (χ4n) is 3.25. The van der Waals surface area contributed by atoms with Crippen molar-refractivity contribution >= 4 is 23.7 Å². The number of hydrogen-bond donors (Lipinski definition) is 5. The van der Waals surface area contributed by atoms with Crippen LogP contribution < -0.4 is 11.3 Å². The van der Waals surface area contributed by atoms with Crippen molar-refractivity contribution in [2.45, 2.75) is 6.18 Å². The number of H-pyrrole nitrogens is 1. The summed E-state index contributed by atoms with van der Waals surface area (Å²) in [5.74, 6) is -5.49. The monoisotopic (exact) mass is 462 g/mol. The molecule has 12 heteroatoms. The lowest BCUT2D eigenvalue weighted by atomic mass is 9.93. The number of anilines is 1. The Bertz CT molecular complexity index is 1360. The number of aromatic carboxylic acids is 3. The van der Waals surface area contributed by atoms with Gasteiger partial charge in [0.15, 0.2) is 0 Å². The molecule has 33 heavy (non-hydrogen) atoms. The van der Waals surface area contributed by atoms with Gasteiger partial charge >= 0.3 is 24.1 Å². The van der Waals surface area contributed by atoms with E-state index in [1.807, 2.05) is 4.98 Å².